The van der Waals surface area contributed by atoms with Gasteiger partial charge >= 0.3 is 0 Å². The molecule has 1 aromatic carbocycles. The molecule has 2 unspecified atom stereocenters. The Balaban J connectivity index is 1.50. The third-order valence-corrected chi connectivity index (χ3v) is 9.14. The number of hydrogen-bond donors (Lipinski definition) is 2. The molecular weight excluding hydrogens is 406 g/mol. The van der Waals surface area contributed by atoms with Gasteiger partial charge in [0.2, 0.25) is 5.95 Å². The number of anilines is 2. The van der Waals surface area contributed by atoms with E-state index in [2.05, 4.69) is 31.5 Å². The van der Waals surface area contributed by atoms with Gasteiger partial charge in [-0.25, -0.2) is 19.6 Å². The summed E-state index contributed by atoms with van der Waals surface area (Å²) in [6.45, 7) is 6.12. The third kappa shape index (κ3) is 3.90. The molecule has 0 saturated carbocycles. The molecule has 1 saturated heterocycles. The SMILES string of the molecule is Cc1cc2ncncc2cc1Nc1ncc2c(C)nn(C3CCC[Si](C)(O)CC3)c2n1. The van der Waals surface area contributed by atoms with Gasteiger partial charge in [0, 0.05) is 23.5 Å². The van der Waals surface area contributed by atoms with Gasteiger partial charge in [0.15, 0.2) is 14.0 Å². The number of aromatic nitrogens is 6. The van der Waals surface area contributed by atoms with Gasteiger partial charge in [0.05, 0.1) is 22.6 Å². The maximum absolute atomic E-state index is 10.6. The minimum Gasteiger partial charge on any atom is -0.432 e. The number of benzene rings is 1. The normalized spacial score (nSPS) is 22.0. The smallest absolute Gasteiger partial charge is 0.229 e. The number of aryl methyl sites for hydroxylation is 2. The summed E-state index contributed by atoms with van der Waals surface area (Å²) >= 11 is 0. The largest absolute Gasteiger partial charge is 0.432 e. The Morgan fingerprint density at radius 2 is 2.00 bits per heavy atom. The molecule has 2 atom stereocenters. The lowest BCUT2D eigenvalue weighted by molar-refractivity contribution is 0.422. The van der Waals surface area contributed by atoms with Crippen molar-refractivity contribution in [1.82, 2.24) is 29.7 Å². The minimum atomic E-state index is -2.06. The summed E-state index contributed by atoms with van der Waals surface area (Å²) in [5, 5.41) is 10.1. The van der Waals surface area contributed by atoms with Crippen LogP contribution in [0.25, 0.3) is 21.9 Å². The first-order chi connectivity index (χ1) is 14.9. The van der Waals surface area contributed by atoms with Crippen molar-refractivity contribution < 1.29 is 4.80 Å². The molecule has 0 radical (unpaired) electrons. The van der Waals surface area contributed by atoms with Crippen LogP contribution in [0.3, 0.4) is 0 Å². The predicted octanol–water partition coefficient (Wildman–Crippen LogP) is 4.42. The highest BCUT2D eigenvalue weighted by Gasteiger charge is 2.31. The number of rotatable bonds is 3. The summed E-state index contributed by atoms with van der Waals surface area (Å²) < 4.78 is 2.06. The quantitative estimate of drug-likeness (QED) is 0.461. The van der Waals surface area contributed by atoms with Gasteiger partial charge in [-0.2, -0.15) is 10.1 Å². The highest BCUT2D eigenvalue weighted by atomic mass is 28.4. The lowest BCUT2D eigenvalue weighted by atomic mass is 10.1. The van der Waals surface area contributed by atoms with Gasteiger partial charge in [-0.05, 0) is 63.0 Å². The number of nitrogens with one attached hydrogen (secondary N) is 1. The van der Waals surface area contributed by atoms with Crippen molar-refractivity contribution in [2.45, 2.75) is 57.8 Å². The van der Waals surface area contributed by atoms with Gasteiger partial charge in [-0.3, -0.25) is 0 Å². The van der Waals surface area contributed by atoms with Crippen LogP contribution < -0.4 is 5.32 Å². The van der Waals surface area contributed by atoms with Gasteiger partial charge < -0.3 is 10.1 Å². The molecule has 1 aliphatic heterocycles. The Morgan fingerprint density at radius 3 is 2.87 bits per heavy atom. The molecule has 0 aliphatic carbocycles. The van der Waals surface area contributed by atoms with Crippen LogP contribution in [-0.2, 0) is 0 Å². The van der Waals surface area contributed by atoms with Gasteiger partial charge in [0.25, 0.3) is 0 Å². The number of hydrogen-bond acceptors (Lipinski definition) is 7. The second-order valence-corrected chi connectivity index (χ2v) is 12.9. The van der Waals surface area contributed by atoms with Crippen LogP contribution >= 0.6 is 0 Å². The summed E-state index contributed by atoms with van der Waals surface area (Å²) in [4.78, 5) is 28.4. The van der Waals surface area contributed by atoms with E-state index >= 15 is 0 Å². The molecule has 0 bridgehead atoms. The lowest BCUT2D eigenvalue weighted by Crippen LogP contribution is -2.28. The Labute approximate surface area is 181 Å². The number of fused-ring (bicyclic) bond motifs is 2. The van der Waals surface area contributed by atoms with Crippen LogP contribution in [0.4, 0.5) is 11.6 Å². The van der Waals surface area contributed by atoms with E-state index in [1.807, 2.05) is 32.2 Å². The molecule has 3 aromatic heterocycles. The fraction of sp³-hybridized carbons (Fsp3) is 0.409. The van der Waals surface area contributed by atoms with Crippen LogP contribution in [0.15, 0.2) is 30.9 Å². The van der Waals surface area contributed by atoms with Crippen LogP contribution in [0.2, 0.25) is 18.6 Å². The van der Waals surface area contributed by atoms with E-state index in [9.17, 15) is 4.80 Å². The molecule has 0 amide bonds. The Bertz CT molecular complexity index is 1270. The monoisotopic (exact) mass is 433 g/mol. The highest BCUT2D eigenvalue weighted by Crippen LogP contribution is 2.34. The number of nitrogens with zero attached hydrogens (tertiary/aromatic N) is 6. The molecule has 31 heavy (non-hydrogen) atoms. The molecule has 160 valence electrons. The fourth-order valence-electron chi connectivity index (χ4n) is 4.48. The molecule has 9 heteroatoms. The van der Waals surface area contributed by atoms with Gasteiger partial charge in [0.1, 0.15) is 6.33 Å². The first-order valence-corrected chi connectivity index (χ1v) is 13.7. The molecule has 2 N–H and O–H groups in total. The predicted molar refractivity (Wildman–Crippen MR) is 124 cm³/mol. The average Bonchev–Trinajstić information content (AvgIpc) is 2.95. The van der Waals surface area contributed by atoms with Crippen molar-refractivity contribution in [3.05, 3.63) is 42.1 Å². The zero-order chi connectivity index (χ0) is 21.6. The van der Waals surface area contributed by atoms with Gasteiger partial charge in [-0.1, -0.05) is 6.42 Å². The van der Waals surface area contributed by atoms with E-state index in [0.29, 0.717) is 5.95 Å². The fourth-order valence-corrected chi connectivity index (χ4v) is 6.65. The minimum absolute atomic E-state index is 0.264. The highest BCUT2D eigenvalue weighted by molar-refractivity contribution is 6.71. The van der Waals surface area contributed by atoms with Crippen molar-refractivity contribution in [3.63, 3.8) is 0 Å². The Hall–Kier alpha value is -2.91. The summed E-state index contributed by atoms with van der Waals surface area (Å²) in [6.07, 6.45) is 8.23. The zero-order valence-electron chi connectivity index (χ0n) is 18.1. The van der Waals surface area contributed by atoms with E-state index in [4.69, 9.17) is 10.1 Å². The van der Waals surface area contributed by atoms with Crippen LogP contribution in [0, 0.1) is 13.8 Å². The average molecular weight is 434 g/mol. The van der Waals surface area contributed by atoms with E-state index in [0.717, 1.165) is 70.2 Å². The first-order valence-electron chi connectivity index (χ1n) is 10.8. The van der Waals surface area contributed by atoms with Crippen molar-refractivity contribution in [3.8, 4) is 0 Å². The van der Waals surface area contributed by atoms with E-state index in [1.54, 1.807) is 12.5 Å². The van der Waals surface area contributed by atoms with E-state index < -0.39 is 8.32 Å². The molecule has 5 rings (SSSR count). The van der Waals surface area contributed by atoms with Crippen LogP contribution in [-0.4, -0.2) is 42.8 Å². The Morgan fingerprint density at radius 1 is 1.13 bits per heavy atom. The topological polar surface area (TPSA) is 102 Å². The van der Waals surface area contributed by atoms with Crippen molar-refractivity contribution in [1.29, 1.82) is 0 Å². The third-order valence-electron chi connectivity index (χ3n) is 6.35. The molecule has 1 fully saturated rings. The maximum Gasteiger partial charge on any atom is 0.229 e. The summed E-state index contributed by atoms with van der Waals surface area (Å²) in [5.41, 5.74) is 4.70. The summed E-state index contributed by atoms with van der Waals surface area (Å²) in [6, 6.07) is 6.20. The lowest BCUT2D eigenvalue weighted by Gasteiger charge is -2.18. The van der Waals surface area contributed by atoms with Crippen molar-refractivity contribution in [2.24, 2.45) is 0 Å². The standard InChI is InChI=1S/C22H27N7OSi/c1-14-9-20-16(11-23-13-25-20)10-19(14)26-22-24-12-18-15(2)28-29(21(18)27-22)17-5-4-7-31(3,30)8-6-17/h9-13,17,30H,4-8H2,1-3H3,(H,24,26,27). The van der Waals surface area contributed by atoms with E-state index in [-0.39, 0.29) is 6.04 Å². The van der Waals surface area contributed by atoms with Crippen LogP contribution in [0.5, 0.6) is 0 Å². The van der Waals surface area contributed by atoms with Crippen LogP contribution in [0.1, 0.15) is 36.6 Å². The molecule has 1 aliphatic rings. The van der Waals surface area contributed by atoms with Crippen molar-refractivity contribution >= 4 is 41.9 Å². The van der Waals surface area contributed by atoms with E-state index in [1.165, 1.54) is 0 Å². The first kappa shape index (κ1) is 20.0. The zero-order valence-corrected chi connectivity index (χ0v) is 19.1. The summed E-state index contributed by atoms with van der Waals surface area (Å²) in [7, 11) is -2.06. The maximum atomic E-state index is 10.6. The second kappa shape index (κ2) is 7.65. The van der Waals surface area contributed by atoms with Crippen molar-refractivity contribution in [2.75, 3.05) is 5.32 Å². The molecule has 4 aromatic rings. The summed E-state index contributed by atoms with van der Waals surface area (Å²) in [5.74, 6) is 0.544. The van der Waals surface area contributed by atoms with Gasteiger partial charge in [-0.15, -0.1) is 0 Å². The molecule has 4 heterocycles. The second-order valence-electron chi connectivity index (χ2n) is 8.92. The molecular formula is C22H27N7OSi. The molecule has 0 spiro atoms. The molecule has 8 nitrogen and oxygen atoms in total. The Kier molecular flexibility index (Phi) is 4.94.